The molecule has 0 fully saturated rings. The van der Waals surface area contributed by atoms with Crippen molar-refractivity contribution in [2.45, 2.75) is 26.7 Å². The number of ether oxygens (including phenoxy) is 1. The van der Waals surface area contributed by atoms with Gasteiger partial charge in [0.05, 0.1) is 7.11 Å². The molecule has 2 rings (SSSR count). The molecular weight excluding hydrogens is 226 g/mol. The van der Waals surface area contributed by atoms with Gasteiger partial charge in [-0.1, -0.05) is 19.9 Å². The summed E-state index contributed by atoms with van der Waals surface area (Å²) in [5.41, 5.74) is 4.11. The van der Waals surface area contributed by atoms with Gasteiger partial charge in [-0.3, -0.25) is 4.98 Å². The van der Waals surface area contributed by atoms with E-state index in [1.807, 2.05) is 6.92 Å². The maximum absolute atomic E-state index is 4.95. The van der Waals surface area contributed by atoms with Crippen LogP contribution < -0.4 is 4.74 Å². The van der Waals surface area contributed by atoms with Crippen LogP contribution in [0.5, 0.6) is 6.01 Å². The van der Waals surface area contributed by atoms with Gasteiger partial charge < -0.3 is 4.74 Å². The van der Waals surface area contributed by atoms with Gasteiger partial charge in [0.1, 0.15) is 0 Å². The van der Waals surface area contributed by atoms with Crippen molar-refractivity contribution in [2.24, 2.45) is 0 Å². The topological polar surface area (TPSA) is 47.9 Å². The molecule has 0 N–H and O–H groups in total. The SMILES string of the molecule is COc1ncc(-c2ccc(C(C)C)nc2C)cn1. The van der Waals surface area contributed by atoms with Crippen LogP contribution in [0.15, 0.2) is 24.5 Å². The molecular formula is C14H17N3O. The number of pyridine rings is 1. The Hall–Kier alpha value is -1.97. The molecule has 4 nitrogen and oxygen atoms in total. The van der Waals surface area contributed by atoms with Crippen LogP contribution >= 0.6 is 0 Å². The predicted molar refractivity (Wildman–Crippen MR) is 70.6 cm³/mol. The molecule has 0 radical (unpaired) electrons. The van der Waals surface area contributed by atoms with Gasteiger partial charge in [-0.05, 0) is 18.9 Å². The summed E-state index contributed by atoms with van der Waals surface area (Å²) in [7, 11) is 1.55. The molecule has 2 heterocycles. The highest BCUT2D eigenvalue weighted by molar-refractivity contribution is 5.64. The molecule has 0 saturated heterocycles. The van der Waals surface area contributed by atoms with Crippen LogP contribution in [-0.4, -0.2) is 22.1 Å². The fourth-order valence-corrected chi connectivity index (χ4v) is 1.77. The van der Waals surface area contributed by atoms with Gasteiger partial charge in [-0.25, -0.2) is 9.97 Å². The number of nitrogens with zero attached hydrogens (tertiary/aromatic N) is 3. The van der Waals surface area contributed by atoms with E-state index >= 15 is 0 Å². The van der Waals surface area contributed by atoms with E-state index in [1.165, 1.54) is 0 Å². The number of aromatic nitrogens is 3. The maximum Gasteiger partial charge on any atom is 0.316 e. The second-order valence-electron chi connectivity index (χ2n) is 4.48. The molecule has 4 heteroatoms. The second-order valence-corrected chi connectivity index (χ2v) is 4.48. The molecule has 2 aromatic rings. The molecule has 0 spiro atoms. The van der Waals surface area contributed by atoms with Crippen LogP contribution in [0.2, 0.25) is 0 Å². The fraction of sp³-hybridized carbons (Fsp3) is 0.357. The first-order valence-electron chi connectivity index (χ1n) is 5.95. The third-order valence-corrected chi connectivity index (χ3v) is 2.82. The lowest BCUT2D eigenvalue weighted by atomic mass is 10.0. The van der Waals surface area contributed by atoms with E-state index in [4.69, 9.17) is 4.74 Å². The Bertz CT molecular complexity index is 535. The second kappa shape index (κ2) is 5.12. The zero-order chi connectivity index (χ0) is 13.1. The zero-order valence-corrected chi connectivity index (χ0v) is 11.1. The summed E-state index contributed by atoms with van der Waals surface area (Å²) >= 11 is 0. The summed E-state index contributed by atoms with van der Waals surface area (Å²) in [5, 5.41) is 0. The third kappa shape index (κ3) is 2.47. The highest BCUT2D eigenvalue weighted by Gasteiger charge is 2.07. The first-order valence-corrected chi connectivity index (χ1v) is 5.95. The summed E-state index contributed by atoms with van der Waals surface area (Å²) in [6.45, 7) is 6.28. The molecule has 0 unspecified atom stereocenters. The van der Waals surface area contributed by atoms with Crippen molar-refractivity contribution in [1.29, 1.82) is 0 Å². The normalized spacial score (nSPS) is 10.7. The highest BCUT2D eigenvalue weighted by Crippen LogP contribution is 2.23. The Balaban J connectivity index is 2.38. The number of methoxy groups -OCH3 is 1. The van der Waals surface area contributed by atoms with E-state index < -0.39 is 0 Å². The largest absolute Gasteiger partial charge is 0.467 e. The van der Waals surface area contributed by atoms with Crippen molar-refractivity contribution in [3.8, 4) is 17.1 Å². The average Bonchev–Trinajstić information content (AvgIpc) is 2.38. The van der Waals surface area contributed by atoms with Crippen LogP contribution in [-0.2, 0) is 0 Å². The Morgan fingerprint density at radius 1 is 1.11 bits per heavy atom. The number of aryl methyl sites for hydroxylation is 1. The summed E-state index contributed by atoms with van der Waals surface area (Å²) in [4.78, 5) is 12.8. The molecule has 0 aliphatic carbocycles. The van der Waals surface area contributed by atoms with Crippen molar-refractivity contribution in [3.05, 3.63) is 35.9 Å². The Kier molecular flexibility index (Phi) is 3.55. The molecule has 0 aliphatic rings. The van der Waals surface area contributed by atoms with E-state index in [2.05, 4.69) is 40.9 Å². The molecule has 0 aromatic carbocycles. The lowest BCUT2D eigenvalue weighted by Crippen LogP contribution is -1.97. The Labute approximate surface area is 107 Å². The molecule has 0 aliphatic heterocycles. The summed E-state index contributed by atoms with van der Waals surface area (Å²) in [5.74, 6) is 0.435. The Morgan fingerprint density at radius 3 is 2.28 bits per heavy atom. The average molecular weight is 243 g/mol. The molecule has 0 bridgehead atoms. The van der Waals surface area contributed by atoms with Gasteiger partial charge in [0.25, 0.3) is 0 Å². The van der Waals surface area contributed by atoms with Gasteiger partial charge in [0.15, 0.2) is 0 Å². The number of rotatable bonds is 3. The molecule has 0 atom stereocenters. The lowest BCUT2D eigenvalue weighted by molar-refractivity contribution is 0.380. The number of hydrogen-bond donors (Lipinski definition) is 0. The van der Waals surface area contributed by atoms with Crippen molar-refractivity contribution in [3.63, 3.8) is 0 Å². The molecule has 0 amide bonds. The van der Waals surface area contributed by atoms with E-state index in [-0.39, 0.29) is 0 Å². The van der Waals surface area contributed by atoms with Crippen LogP contribution in [0.3, 0.4) is 0 Å². The van der Waals surface area contributed by atoms with Gasteiger partial charge >= 0.3 is 6.01 Å². The van der Waals surface area contributed by atoms with E-state index in [0.717, 1.165) is 22.5 Å². The van der Waals surface area contributed by atoms with Crippen molar-refractivity contribution < 1.29 is 4.74 Å². The van der Waals surface area contributed by atoms with Gasteiger partial charge in [-0.15, -0.1) is 0 Å². The van der Waals surface area contributed by atoms with Crippen molar-refractivity contribution >= 4 is 0 Å². The predicted octanol–water partition coefficient (Wildman–Crippen LogP) is 2.98. The van der Waals surface area contributed by atoms with E-state index in [0.29, 0.717) is 11.9 Å². The quantitative estimate of drug-likeness (QED) is 0.831. The molecule has 94 valence electrons. The van der Waals surface area contributed by atoms with Gasteiger partial charge in [0.2, 0.25) is 0 Å². The third-order valence-electron chi connectivity index (χ3n) is 2.82. The lowest BCUT2D eigenvalue weighted by Gasteiger charge is -2.09. The zero-order valence-electron chi connectivity index (χ0n) is 11.1. The van der Waals surface area contributed by atoms with E-state index in [1.54, 1.807) is 19.5 Å². The molecule has 18 heavy (non-hydrogen) atoms. The Morgan fingerprint density at radius 2 is 1.78 bits per heavy atom. The summed E-state index contributed by atoms with van der Waals surface area (Å²) in [6.07, 6.45) is 3.51. The fourth-order valence-electron chi connectivity index (χ4n) is 1.77. The first-order chi connectivity index (χ1) is 8.61. The molecule has 2 aromatic heterocycles. The maximum atomic E-state index is 4.95. The van der Waals surface area contributed by atoms with Crippen LogP contribution in [0, 0.1) is 6.92 Å². The summed E-state index contributed by atoms with van der Waals surface area (Å²) in [6, 6.07) is 4.50. The van der Waals surface area contributed by atoms with Crippen LogP contribution in [0.1, 0.15) is 31.2 Å². The first kappa shape index (κ1) is 12.5. The van der Waals surface area contributed by atoms with Crippen LogP contribution in [0.4, 0.5) is 0 Å². The number of hydrogen-bond acceptors (Lipinski definition) is 4. The monoisotopic (exact) mass is 243 g/mol. The van der Waals surface area contributed by atoms with Crippen molar-refractivity contribution in [2.75, 3.05) is 7.11 Å². The van der Waals surface area contributed by atoms with Gasteiger partial charge in [0, 0.05) is 34.9 Å². The smallest absolute Gasteiger partial charge is 0.316 e. The standard InChI is InChI=1S/C14H17N3O/c1-9(2)13-6-5-12(10(3)17-13)11-7-15-14(18-4)16-8-11/h5-9H,1-4H3. The van der Waals surface area contributed by atoms with Gasteiger partial charge in [-0.2, -0.15) is 0 Å². The summed E-state index contributed by atoms with van der Waals surface area (Å²) < 4.78 is 4.95. The highest BCUT2D eigenvalue weighted by atomic mass is 16.5. The molecule has 0 saturated carbocycles. The minimum atomic E-state index is 0.378. The van der Waals surface area contributed by atoms with Crippen LogP contribution in [0.25, 0.3) is 11.1 Å². The minimum absolute atomic E-state index is 0.378. The minimum Gasteiger partial charge on any atom is -0.467 e. The van der Waals surface area contributed by atoms with Crippen molar-refractivity contribution in [1.82, 2.24) is 15.0 Å². The van der Waals surface area contributed by atoms with E-state index in [9.17, 15) is 0 Å².